The molecule has 0 saturated heterocycles. The van der Waals surface area contributed by atoms with Gasteiger partial charge >= 0.3 is 0 Å². The largest absolute Gasteiger partial charge is 0.867 e. The first-order valence-corrected chi connectivity index (χ1v) is 11.1. The fourth-order valence-corrected chi connectivity index (χ4v) is 3.65. The number of nitrogens with zero attached hydrogens (tertiary/aromatic N) is 1. The van der Waals surface area contributed by atoms with E-state index in [4.69, 9.17) is 47.0 Å². The van der Waals surface area contributed by atoms with Crippen LogP contribution in [0, 0.1) is 0 Å². The number of nitrogens with one attached hydrogen (secondary N) is 1. The minimum atomic E-state index is -0.279. The van der Waals surface area contributed by atoms with Gasteiger partial charge in [-0.3, -0.25) is 0 Å². The zero-order valence-corrected chi connectivity index (χ0v) is 20.3. The Hall–Kier alpha value is -2.11. The van der Waals surface area contributed by atoms with Crippen LogP contribution in [-0.4, -0.2) is 4.99 Å². The van der Waals surface area contributed by atoms with Crippen LogP contribution in [0.4, 0.5) is 5.69 Å². The monoisotopic (exact) mass is 490 g/mol. The van der Waals surface area contributed by atoms with E-state index in [1.165, 1.54) is 0 Å². The molecule has 3 rings (SSSR count). The Morgan fingerprint density at radius 1 is 0.903 bits per heavy atom. The first-order valence-electron chi connectivity index (χ1n) is 9.52. The fraction of sp³-hybridized carbons (Fsp3) is 0.167. The van der Waals surface area contributed by atoms with Gasteiger partial charge in [0.25, 0.3) is 0 Å². The van der Waals surface area contributed by atoms with E-state index in [1.54, 1.807) is 47.0 Å². The van der Waals surface area contributed by atoms with Crippen molar-refractivity contribution in [2.75, 3.05) is 5.32 Å². The molecule has 0 aliphatic heterocycles. The summed E-state index contributed by atoms with van der Waals surface area (Å²) in [4.78, 5) is 0.270. The minimum absolute atomic E-state index is 0.0188. The third kappa shape index (κ3) is 5.78. The Morgan fingerprint density at radius 2 is 1.52 bits per heavy atom. The molecule has 0 bridgehead atoms. The summed E-state index contributed by atoms with van der Waals surface area (Å²) in [5.74, 6) is -0.279. The van der Waals surface area contributed by atoms with Crippen LogP contribution in [0.15, 0.2) is 67.0 Å². The molecule has 1 aromatic heterocycles. The molecule has 0 aliphatic carbocycles. The second-order valence-corrected chi connectivity index (χ2v) is 9.67. The molecular formula is C24H21Cl3N2OS. The fourth-order valence-electron chi connectivity index (χ4n) is 2.91. The molecule has 3 aromatic rings. The second-order valence-electron chi connectivity index (χ2n) is 8.01. The highest BCUT2D eigenvalue weighted by molar-refractivity contribution is 7.81. The smallest absolute Gasteiger partial charge is 0.238 e. The first-order chi connectivity index (χ1) is 14.6. The van der Waals surface area contributed by atoms with Crippen LogP contribution >= 0.6 is 47.0 Å². The highest BCUT2D eigenvalue weighted by Gasteiger charge is 2.21. The predicted molar refractivity (Wildman–Crippen MR) is 133 cm³/mol. The number of rotatable bonds is 4. The molecule has 0 aliphatic rings. The predicted octanol–water partition coefficient (Wildman–Crippen LogP) is 6.36. The van der Waals surface area contributed by atoms with E-state index < -0.39 is 0 Å². The van der Waals surface area contributed by atoms with Crippen molar-refractivity contribution in [1.29, 1.82) is 0 Å². The summed E-state index contributed by atoms with van der Waals surface area (Å²) in [5, 5.41) is 17.9. The van der Waals surface area contributed by atoms with Gasteiger partial charge in [-0.15, -0.1) is 0 Å². The van der Waals surface area contributed by atoms with Crippen LogP contribution in [0.3, 0.4) is 0 Å². The van der Waals surface area contributed by atoms with Crippen LogP contribution in [-0.2, 0) is 5.41 Å². The van der Waals surface area contributed by atoms with E-state index >= 15 is 0 Å². The molecule has 0 saturated carbocycles. The summed E-state index contributed by atoms with van der Waals surface area (Å²) in [6.45, 7) is 6.39. The molecular weight excluding hydrogens is 471 g/mol. The lowest BCUT2D eigenvalue weighted by atomic mass is 9.88. The Bertz CT molecular complexity index is 1130. The lowest BCUT2D eigenvalue weighted by Gasteiger charge is -2.20. The van der Waals surface area contributed by atoms with Gasteiger partial charge in [-0.1, -0.05) is 73.9 Å². The maximum Gasteiger partial charge on any atom is 0.238 e. The molecule has 2 aromatic carbocycles. The van der Waals surface area contributed by atoms with Gasteiger partial charge in [0.15, 0.2) is 17.4 Å². The lowest BCUT2D eigenvalue weighted by molar-refractivity contribution is -0.577. The molecule has 31 heavy (non-hydrogen) atoms. The summed E-state index contributed by atoms with van der Waals surface area (Å²) in [6, 6.07) is 15.8. The molecule has 3 nitrogen and oxygen atoms in total. The molecule has 1 heterocycles. The topological polar surface area (TPSA) is 39.0 Å². The van der Waals surface area contributed by atoms with Crippen molar-refractivity contribution >= 4 is 69.2 Å². The number of hydrogen-bond acceptors (Lipinski definition) is 2. The maximum absolute atomic E-state index is 13.5. The van der Waals surface area contributed by atoms with E-state index in [9.17, 15) is 5.11 Å². The Kier molecular flexibility index (Phi) is 7.28. The van der Waals surface area contributed by atoms with E-state index in [1.807, 2.05) is 24.5 Å². The number of hydrogen-bond donors (Lipinski definition) is 1. The van der Waals surface area contributed by atoms with Gasteiger partial charge in [0.1, 0.15) is 0 Å². The van der Waals surface area contributed by atoms with Crippen LogP contribution in [0.25, 0.3) is 11.5 Å². The number of benzene rings is 2. The van der Waals surface area contributed by atoms with Gasteiger partial charge in [-0.25, -0.2) is 0 Å². The first kappa shape index (κ1) is 23.6. The molecule has 0 atom stereocenters. The number of thiocarbonyl (C=S) groups is 1. The van der Waals surface area contributed by atoms with Crippen molar-refractivity contribution in [3.8, 4) is 0 Å². The SMILES string of the molecule is CC(C)(C)c1cc[n+](C(C(=S)Nc2ccc(Cl)cc2)=C([O-])c2ccc(Cl)c(Cl)c2)cc1. The molecule has 1 N–H and O–H groups in total. The lowest BCUT2D eigenvalue weighted by Crippen LogP contribution is -2.40. The zero-order chi connectivity index (χ0) is 22.8. The van der Waals surface area contributed by atoms with Crippen molar-refractivity contribution in [1.82, 2.24) is 0 Å². The van der Waals surface area contributed by atoms with Crippen molar-refractivity contribution in [3.05, 3.63) is 93.2 Å². The third-order valence-electron chi connectivity index (χ3n) is 4.67. The Balaban J connectivity index is 2.09. The van der Waals surface area contributed by atoms with Gasteiger partial charge in [0.05, 0.1) is 10.0 Å². The number of halogens is 3. The van der Waals surface area contributed by atoms with E-state index in [2.05, 4.69) is 26.1 Å². The zero-order valence-electron chi connectivity index (χ0n) is 17.2. The van der Waals surface area contributed by atoms with Crippen molar-refractivity contribution in [2.24, 2.45) is 0 Å². The average Bonchev–Trinajstić information content (AvgIpc) is 2.71. The minimum Gasteiger partial charge on any atom is -0.867 e. The van der Waals surface area contributed by atoms with E-state index in [0.29, 0.717) is 26.3 Å². The highest BCUT2D eigenvalue weighted by Crippen LogP contribution is 2.27. The second kappa shape index (κ2) is 9.58. The third-order valence-corrected chi connectivity index (χ3v) is 5.95. The molecule has 0 fully saturated rings. The molecule has 0 spiro atoms. The number of anilines is 1. The maximum atomic E-state index is 13.5. The molecule has 7 heteroatoms. The number of aromatic nitrogens is 1. The molecule has 0 amide bonds. The Morgan fingerprint density at radius 3 is 2.06 bits per heavy atom. The quantitative estimate of drug-likeness (QED) is 0.200. The highest BCUT2D eigenvalue weighted by atomic mass is 35.5. The van der Waals surface area contributed by atoms with Crippen molar-refractivity contribution in [3.63, 3.8) is 0 Å². The molecule has 0 unspecified atom stereocenters. The van der Waals surface area contributed by atoms with Crippen LogP contribution < -0.4 is 15.0 Å². The van der Waals surface area contributed by atoms with Gasteiger partial charge in [0, 0.05) is 22.8 Å². The van der Waals surface area contributed by atoms with Gasteiger partial charge in [0.2, 0.25) is 5.70 Å². The number of pyridine rings is 1. The van der Waals surface area contributed by atoms with Crippen molar-refractivity contribution in [2.45, 2.75) is 26.2 Å². The summed E-state index contributed by atoms with van der Waals surface area (Å²) >= 11 is 23.8. The summed E-state index contributed by atoms with van der Waals surface area (Å²) in [5.41, 5.74) is 2.53. The van der Waals surface area contributed by atoms with Gasteiger partial charge < -0.3 is 10.4 Å². The molecule has 160 valence electrons. The molecule has 0 radical (unpaired) electrons. The van der Waals surface area contributed by atoms with Crippen LogP contribution in [0.1, 0.15) is 31.9 Å². The Labute approximate surface area is 202 Å². The normalized spacial score (nSPS) is 12.3. The van der Waals surface area contributed by atoms with Crippen LogP contribution in [0.5, 0.6) is 0 Å². The van der Waals surface area contributed by atoms with Crippen LogP contribution in [0.2, 0.25) is 15.1 Å². The summed E-state index contributed by atoms with van der Waals surface area (Å²) in [7, 11) is 0. The van der Waals surface area contributed by atoms with Gasteiger partial charge in [-0.05, 0) is 58.7 Å². The standard InChI is InChI=1S/C24H21Cl3N2OS/c1-24(2,3)16-10-12-29(13-11-16)21(22(30)15-4-9-19(26)20(27)14-15)23(31)28-18-7-5-17(25)6-8-18/h4-14H,1-3H3,(H-,28,30,31). The van der Waals surface area contributed by atoms with Gasteiger partial charge in [-0.2, -0.15) is 4.57 Å². The summed E-state index contributed by atoms with van der Waals surface area (Å²) in [6.07, 6.45) is 3.67. The van der Waals surface area contributed by atoms with E-state index in [-0.39, 0.29) is 16.2 Å². The van der Waals surface area contributed by atoms with E-state index in [0.717, 1.165) is 11.3 Å². The average molecular weight is 492 g/mol. The van der Waals surface area contributed by atoms with Crippen molar-refractivity contribution < 1.29 is 9.67 Å². The summed E-state index contributed by atoms with van der Waals surface area (Å²) < 4.78 is 1.71.